The van der Waals surface area contributed by atoms with E-state index in [-0.39, 0.29) is 0 Å². The molecule has 2 aromatic rings. The highest BCUT2D eigenvalue weighted by atomic mass is 79.9. The Morgan fingerprint density at radius 1 is 1.21 bits per heavy atom. The predicted octanol–water partition coefficient (Wildman–Crippen LogP) is 3.10. The molecule has 0 radical (unpaired) electrons. The van der Waals surface area contributed by atoms with Crippen LogP contribution in [0.4, 0.5) is 16.2 Å². The van der Waals surface area contributed by atoms with Crippen molar-refractivity contribution in [2.75, 3.05) is 36.4 Å². The van der Waals surface area contributed by atoms with Crippen molar-refractivity contribution < 1.29 is 14.7 Å². The van der Waals surface area contributed by atoms with Crippen LogP contribution in [0.5, 0.6) is 0 Å². The van der Waals surface area contributed by atoms with E-state index in [1.807, 2.05) is 0 Å². The Bertz CT molecular complexity index is 889. The number of nitrogens with one attached hydrogen (secondary N) is 2. The molecule has 0 aliphatic carbocycles. The van der Waals surface area contributed by atoms with Crippen molar-refractivity contribution in [1.29, 1.82) is 0 Å². The van der Waals surface area contributed by atoms with Gasteiger partial charge in [-0.15, -0.1) is 0 Å². The number of urea groups is 1. The summed E-state index contributed by atoms with van der Waals surface area (Å²) in [4.78, 5) is 29.4. The zero-order valence-electron chi connectivity index (χ0n) is 16.5. The summed E-state index contributed by atoms with van der Waals surface area (Å²) in [6.45, 7) is 6.84. The second-order valence-electron chi connectivity index (χ2n) is 6.75. The highest BCUT2D eigenvalue weighted by molar-refractivity contribution is 9.10. The topological polar surface area (TPSA) is 84.9 Å². The number of hydrogen-bond acceptors (Lipinski definition) is 4. The standard InChI is InChI=1S/C21H25BrN4O3/c1-3-25(4-2)13-12-23-19(27)21(29)17-14-15(22)10-11-18(17)24-20(28)26(21)16-8-6-5-7-9-16/h5-11,14,29H,3-4,12-13H2,1-2H3,(H,23,27)(H,24,28)/t21-/m0/s1. The molecule has 1 atom stereocenters. The van der Waals surface area contributed by atoms with Crippen LogP contribution >= 0.6 is 15.9 Å². The smallest absolute Gasteiger partial charge is 0.329 e. The molecule has 29 heavy (non-hydrogen) atoms. The van der Waals surface area contributed by atoms with Gasteiger partial charge in [0.25, 0.3) is 11.6 Å². The fraction of sp³-hybridized carbons (Fsp3) is 0.333. The third kappa shape index (κ3) is 4.14. The molecule has 0 fully saturated rings. The summed E-state index contributed by atoms with van der Waals surface area (Å²) in [6.07, 6.45) is 0. The molecule has 154 valence electrons. The van der Waals surface area contributed by atoms with E-state index in [0.29, 0.717) is 34.5 Å². The quantitative estimate of drug-likeness (QED) is 0.592. The Kier molecular flexibility index (Phi) is 6.56. The minimum Gasteiger partial charge on any atom is -0.359 e. The number of benzene rings is 2. The molecule has 7 nitrogen and oxygen atoms in total. The summed E-state index contributed by atoms with van der Waals surface area (Å²) in [6, 6.07) is 13.1. The maximum absolute atomic E-state index is 13.3. The monoisotopic (exact) mass is 460 g/mol. The van der Waals surface area contributed by atoms with E-state index in [4.69, 9.17) is 0 Å². The lowest BCUT2D eigenvalue weighted by atomic mass is 9.95. The van der Waals surface area contributed by atoms with Crippen molar-refractivity contribution in [3.05, 3.63) is 58.6 Å². The number of likely N-dealkylation sites (N-methyl/N-ethyl adjacent to an activating group) is 1. The number of halogens is 1. The lowest BCUT2D eigenvalue weighted by molar-refractivity contribution is -0.140. The van der Waals surface area contributed by atoms with E-state index in [1.54, 1.807) is 48.5 Å². The number of rotatable bonds is 7. The summed E-state index contributed by atoms with van der Waals surface area (Å²) in [5.74, 6) is -0.650. The van der Waals surface area contributed by atoms with Gasteiger partial charge in [-0.3, -0.25) is 9.69 Å². The maximum Gasteiger partial charge on any atom is 0.329 e. The van der Waals surface area contributed by atoms with Gasteiger partial charge in [-0.1, -0.05) is 48.0 Å². The van der Waals surface area contributed by atoms with Gasteiger partial charge in [0.15, 0.2) is 0 Å². The van der Waals surface area contributed by atoms with Crippen molar-refractivity contribution in [3.8, 4) is 0 Å². The number of aliphatic hydroxyl groups is 1. The van der Waals surface area contributed by atoms with Crippen LogP contribution in [0, 0.1) is 0 Å². The molecule has 2 aromatic carbocycles. The fourth-order valence-electron chi connectivity index (χ4n) is 3.45. The zero-order chi connectivity index (χ0) is 21.0. The molecule has 3 rings (SSSR count). The zero-order valence-corrected chi connectivity index (χ0v) is 18.1. The van der Waals surface area contributed by atoms with Gasteiger partial charge < -0.3 is 20.6 Å². The number of hydrogen-bond donors (Lipinski definition) is 3. The first-order chi connectivity index (χ1) is 13.9. The summed E-state index contributed by atoms with van der Waals surface area (Å²) in [7, 11) is 0. The largest absolute Gasteiger partial charge is 0.359 e. The lowest BCUT2D eigenvalue weighted by Crippen LogP contribution is -2.63. The normalized spacial score (nSPS) is 18.4. The summed E-state index contributed by atoms with van der Waals surface area (Å²) in [5, 5.41) is 17.3. The molecular weight excluding hydrogens is 436 g/mol. The molecule has 0 saturated carbocycles. The van der Waals surface area contributed by atoms with Gasteiger partial charge in [-0.25, -0.2) is 4.79 Å². The highest BCUT2D eigenvalue weighted by Crippen LogP contribution is 2.40. The number of para-hydroxylation sites is 1. The molecule has 0 aromatic heterocycles. The number of carbonyl (C=O) groups excluding carboxylic acids is 2. The Hall–Kier alpha value is -2.42. The Morgan fingerprint density at radius 3 is 2.55 bits per heavy atom. The van der Waals surface area contributed by atoms with Crippen molar-refractivity contribution in [3.63, 3.8) is 0 Å². The highest BCUT2D eigenvalue weighted by Gasteiger charge is 2.52. The molecule has 3 N–H and O–H groups in total. The first-order valence-electron chi connectivity index (χ1n) is 9.61. The fourth-order valence-corrected chi connectivity index (χ4v) is 3.81. The molecule has 1 heterocycles. The molecule has 0 unspecified atom stereocenters. The summed E-state index contributed by atoms with van der Waals surface area (Å²) < 4.78 is 0.690. The van der Waals surface area contributed by atoms with Crippen LogP contribution in [0.3, 0.4) is 0 Å². The van der Waals surface area contributed by atoms with Gasteiger partial charge in [0.2, 0.25) is 0 Å². The van der Waals surface area contributed by atoms with Crippen LogP contribution < -0.4 is 15.5 Å². The van der Waals surface area contributed by atoms with E-state index in [1.165, 1.54) is 0 Å². The van der Waals surface area contributed by atoms with Crippen molar-refractivity contribution in [2.45, 2.75) is 19.6 Å². The summed E-state index contributed by atoms with van der Waals surface area (Å²) >= 11 is 3.39. The molecule has 3 amide bonds. The van der Waals surface area contributed by atoms with Crippen LogP contribution in [0.1, 0.15) is 19.4 Å². The van der Waals surface area contributed by atoms with E-state index >= 15 is 0 Å². The van der Waals surface area contributed by atoms with Gasteiger partial charge in [-0.05, 0) is 43.4 Å². The average Bonchev–Trinajstić information content (AvgIpc) is 2.72. The number of amides is 3. The number of carbonyl (C=O) groups is 2. The van der Waals surface area contributed by atoms with Crippen molar-refractivity contribution in [1.82, 2.24) is 10.2 Å². The second kappa shape index (κ2) is 8.94. The first-order valence-corrected chi connectivity index (χ1v) is 10.4. The minimum absolute atomic E-state index is 0.302. The Morgan fingerprint density at radius 2 is 1.90 bits per heavy atom. The molecule has 0 spiro atoms. The van der Waals surface area contributed by atoms with Crippen LogP contribution in [0.2, 0.25) is 0 Å². The molecule has 8 heteroatoms. The number of fused-ring (bicyclic) bond motifs is 1. The lowest BCUT2D eigenvalue weighted by Gasteiger charge is -2.42. The van der Waals surface area contributed by atoms with E-state index < -0.39 is 17.7 Å². The third-order valence-electron chi connectivity index (χ3n) is 5.06. The molecule has 0 saturated heterocycles. The SMILES string of the molecule is CCN(CC)CCNC(=O)[C@@]1(O)c2cc(Br)ccc2NC(=O)N1c1ccccc1. The van der Waals surface area contributed by atoms with Gasteiger partial charge in [0.05, 0.1) is 5.69 Å². The predicted molar refractivity (Wildman–Crippen MR) is 117 cm³/mol. The Balaban J connectivity index is 2.00. The maximum atomic E-state index is 13.3. The average molecular weight is 461 g/mol. The Labute approximate surface area is 178 Å². The van der Waals surface area contributed by atoms with E-state index in [2.05, 4.69) is 45.3 Å². The van der Waals surface area contributed by atoms with E-state index in [9.17, 15) is 14.7 Å². The molecule has 1 aliphatic rings. The number of nitrogens with zero attached hydrogens (tertiary/aromatic N) is 2. The van der Waals surface area contributed by atoms with Gasteiger partial charge in [0, 0.05) is 28.8 Å². The second-order valence-corrected chi connectivity index (χ2v) is 7.66. The molecule has 1 aliphatic heterocycles. The molecule has 0 bridgehead atoms. The minimum atomic E-state index is -2.19. The molecular formula is C21H25BrN4O3. The first kappa shape index (κ1) is 21.3. The van der Waals surface area contributed by atoms with Crippen LogP contribution in [-0.4, -0.2) is 48.1 Å². The summed E-state index contributed by atoms with van der Waals surface area (Å²) in [5.41, 5.74) is -1.08. The van der Waals surface area contributed by atoms with Gasteiger partial charge in [0.1, 0.15) is 0 Å². The van der Waals surface area contributed by atoms with E-state index in [0.717, 1.165) is 18.0 Å². The van der Waals surface area contributed by atoms with Crippen molar-refractivity contribution >= 4 is 39.2 Å². The van der Waals surface area contributed by atoms with Gasteiger partial charge in [-0.2, -0.15) is 0 Å². The van der Waals surface area contributed by atoms with Crippen LogP contribution in [-0.2, 0) is 10.5 Å². The van der Waals surface area contributed by atoms with Crippen LogP contribution in [0.25, 0.3) is 0 Å². The van der Waals surface area contributed by atoms with Gasteiger partial charge >= 0.3 is 6.03 Å². The third-order valence-corrected chi connectivity index (χ3v) is 5.56. The number of anilines is 2. The van der Waals surface area contributed by atoms with Crippen molar-refractivity contribution in [2.24, 2.45) is 0 Å². The van der Waals surface area contributed by atoms with Crippen LogP contribution in [0.15, 0.2) is 53.0 Å².